The number of rotatable bonds is 7. The van der Waals surface area contributed by atoms with E-state index in [1.54, 1.807) is 0 Å². The molecule has 0 saturated carbocycles. The van der Waals surface area contributed by atoms with E-state index in [1.165, 1.54) is 37.4 Å². The summed E-state index contributed by atoms with van der Waals surface area (Å²) in [6.07, 6.45) is -4.54. The number of carbonyl (C=O) groups excluding carboxylic acids is 1. The number of hydrogen-bond acceptors (Lipinski definition) is 4. The molecular formula is C17H17F3N2O4S. The Hall–Kier alpha value is -2.43. The molecule has 10 heteroatoms. The summed E-state index contributed by atoms with van der Waals surface area (Å²) < 4.78 is 69.6. The van der Waals surface area contributed by atoms with Crippen LogP contribution in [-0.4, -0.2) is 34.6 Å². The number of carbonyl (C=O) groups is 1. The standard InChI is InChI=1S/C17H17F3N2O4S/c1-26-9-8-21-27(24,25)15-7-2-4-12(10-15)16(23)22-14-6-3-5-13(11-14)17(18,19)20/h2-7,10-11,21H,8-9H2,1H3,(H,22,23). The maximum absolute atomic E-state index is 12.7. The minimum absolute atomic E-state index is 0.0120. The van der Waals surface area contributed by atoms with Crippen LogP contribution in [0.3, 0.4) is 0 Å². The maximum atomic E-state index is 12.7. The van der Waals surface area contributed by atoms with Crippen molar-refractivity contribution >= 4 is 21.6 Å². The van der Waals surface area contributed by atoms with Crippen LogP contribution in [0.4, 0.5) is 18.9 Å². The Balaban J connectivity index is 2.18. The van der Waals surface area contributed by atoms with E-state index in [-0.39, 0.29) is 29.3 Å². The molecule has 27 heavy (non-hydrogen) atoms. The van der Waals surface area contributed by atoms with Crippen LogP contribution in [0.25, 0.3) is 0 Å². The molecule has 2 N–H and O–H groups in total. The van der Waals surface area contributed by atoms with Gasteiger partial charge in [0.05, 0.1) is 17.1 Å². The molecule has 0 heterocycles. The van der Waals surface area contributed by atoms with Crippen LogP contribution in [0.15, 0.2) is 53.4 Å². The van der Waals surface area contributed by atoms with E-state index in [4.69, 9.17) is 4.74 Å². The highest BCUT2D eigenvalue weighted by Gasteiger charge is 2.30. The van der Waals surface area contributed by atoms with Crippen molar-refractivity contribution in [3.63, 3.8) is 0 Å². The third-order valence-electron chi connectivity index (χ3n) is 3.45. The first-order valence-electron chi connectivity index (χ1n) is 7.71. The molecule has 0 unspecified atom stereocenters. The molecule has 2 aromatic rings. The number of amides is 1. The molecule has 0 atom stereocenters. The van der Waals surface area contributed by atoms with Gasteiger partial charge in [0.25, 0.3) is 5.91 Å². The fraction of sp³-hybridized carbons (Fsp3) is 0.235. The molecule has 2 rings (SSSR count). The minimum Gasteiger partial charge on any atom is -0.383 e. The molecule has 0 aromatic heterocycles. The minimum atomic E-state index is -4.54. The van der Waals surface area contributed by atoms with E-state index >= 15 is 0 Å². The first-order chi connectivity index (χ1) is 12.6. The second kappa shape index (κ2) is 8.51. The van der Waals surface area contributed by atoms with Crippen LogP contribution in [0, 0.1) is 0 Å². The highest BCUT2D eigenvalue weighted by Crippen LogP contribution is 2.30. The number of benzene rings is 2. The smallest absolute Gasteiger partial charge is 0.383 e. The normalized spacial score (nSPS) is 12.0. The molecular weight excluding hydrogens is 385 g/mol. The number of anilines is 1. The summed E-state index contributed by atoms with van der Waals surface area (Å²) >= 11 is 0. The monoisotopic (exact) mass is 402 g/mol. The van der Waals surface area contributed by atoms with Gasteiger partial charge in [-0.05, 0) is 36.4 Å². The van der Waals surface area contributed by atoms with Gasteiger partial charge in [0.1, 0.15) is 0 Å². The summed E-state index contributed by atoms with van der Waals surface area (Å²) in [6.45, 7) is 0.231. The Morgan fingerprint density at radius 1 is 1.11 bits per heavy atom. The van der Waals surface area contributed by atoms with Gasteiger partial charge in [-0.15, -0.1) is 0 Å². The first kappa shape index (κ1) is 20.9. The van der Waals surface area contributed by atoms with E-state index in [0.29, 0.717) is 0 Å². The predicted octanol–water partition coefficient (Wildman–Crippen LogP) is 2.88. The molecule has 6 nitrogen and oxygen atoms in total. The van der Waals surface area contributed by atoms with Crippen molar-refractivity contribution in [2.24, 2.45) is 0 Å². The molecule has 0 bridgehead atoms. The molecule has 0 aliphatic rings. The highest BCUT2D eigenvalue weighted by molar-refractivity contribution is 7.89. The zero-order valence-corrected chi connectivity index (χ0v) is 15.0. The average molecular weight is 402 g/mol. The first-order valence-corrected chi connectivity index (χ1v) is 9.19. The third-order valence-corrected chi connectivity index (χ3v) is 4.91. The summed E-state index contributed by atoms with van der Waals surface area (Å²) in [5, 5.41) is 2.33. The van der Waals surface area contributed by atoms with Gasteiger partial charge in [-0.25, -0.2) is 13.1 Å². The molecule has 0 aliphatic carbocycles. The fourth-order valence-corrected chi connectivity index (χ4v) is 3.20. The Morgan fingerprint density at radius 2 is 1.81 bits per heavy atom. The third kappa shape index (κ3) is 5.78. The zero-order valence-electron chi connectivity index (χ0n) is 14.2. The summed E-state index contributed by atoms with van der Waals surface area (Å²) in [6, 6.07) is 9.32. The summed E-state index contributed by atoms with van der Waals surface area (Å²) in [4.78, 5) is 12.1. The SMILES string of the molecule is COCCNS(=O)(=O)c1cccc(C(=O)Nc2cccc(C(F)(F)F)c2)c1. The van der Waals surface area contributed by atoms with Gasteiger partial charge in [0, 0.05) is 24.9 Å². The molecule has 0 fully saturated rings. The van der Waals surface area contributed by atoms with Crippen LogP contribution in [0.5, 0.6) is 0 Å². The van der Waals surface area contributed by atoms with Crippen molar-refractivity contribution in [3.8, 4) is 0 Å². The van der Waals surface area contributed by atoms with E-state index in [0.717, 1.165) is 18.2 Å². The molecule has 0 spiro atoms. The quantitative estimate of drug-likeness (QED) is 0.698. The lowest BCUT2D eigenvalue weighted by atomic mass is 10.1. The Kier molecular flexibility index (Phi) is 6.58. The Morgan fingerprint density at radius 3 is 2.48 bits per heavy atom. The van der Waals surface area contributed by atoms with Crippen LogP contribution < -0.4 is 10.0 Å². The Bertz CT molecular complexity index is 914. The van der Waals surface area contributed by atoms with Crippen molar-refractivity contribution in [1.82, 2.24) is 4.72 Å². The van der Waals surface area contributed by atoms with Crippen LogP contribution in [0.1, 0.15) is 15.9 Å². The lowest BCUT2D eigenvalue weighted by Crippen LogP contribution is -2.27. The molecule has 146 valence electrons. The zero-order chi connectivity index (χ0) is 20.1. The van der Waals surface area contributed by atoms with Crippen molar-refractivity contribution < 1.29 is 31.1 Å². The van der Waals surface area contributed by atoms with Gasteiger partial charge in [0.15, 0.2) is 0 Å². The number of methoxy groups -OCH3 is 1. The molecule has 1 amide bonds. The van der Waals surface area contributed by atoms with Gasteiger partial charge >= 0.3 is 6.18 Å². The second-order valence-electron chi connectivity index (χ2n) is 5.45. The lowest BCUT2D eigenvalue weighted by molar-refractivity contribution is -0.137. The lowest BCUT2D eigenvalue weighted by Gasteiger charge is -2.11. The molecule has 0 aliphatic heterocycles. The van der Waals surface area contributed by atoms with Crippen LogP contribution in [0.2, 0.25) is 0 Å². The maximum Gasteiger partial charge on any atom is 0.416 e. The fourth-order valence-electron chi connectivity index (χ4n) is 2.14. The van der Waals surface area contributed by atoms with Gasteiger partial charge in [-0.2, -0.15) is 13.2 Å². The Labute approximate surface area is 154 Å². The topological polar surface area (TPSA) is 84.5 Å². The largest absolute Gasteiger partial charge is 0.416 e. The molecule has 2 aromatic carbocycles. The van der Waals surface area contributed by atoms with E-state index in [9.17, 15) is 26.4 Å². The van der Waals surface area contributed by atoms with Gasteiger partial charge in [-0.1, -0.05) is 12.1 Å². The molecule has 0 saturated heterocycles. The number of halogens is 3. The summed E-state index contributed by atoms with van der Waals surface area (Å²) in [5.41, 5.74) is -0.970. The highest BCUT2D eigenvalue weighted by atomic mass is 32.2. The molecule has 0 radical (unpaired) electrons. The van der Waals surface area contributed by atoms with E-state index in [2.05, 4.69) is 10.0 Å². The van der Waals surface area contributed by atoms with Gasteiger partial charge in [0.2, 0.25) is 10.0 Å². The van der Waals surface area contributed by atoms with Crippen molar-refractivity contribution in [3.05, 3.63) is 59.7 Å². The summed E-state index contributed by atoms with van der Waals surface area (Å²) in [7, 11) is -2.42. The summed E-state index contributed by atoms with van der Waals surface area (Å²) in [5.74, 6) is -0.733. The van der Waals surface area contributed by atoms with E-state index in [1.807, 2.05) is 0 Å². The average Bonchev–Trinajstić information content (AvgIpc) is 2.61. The predicted molar refractivity (Wildman–Crippen MR) is 92.9 cm³/mol. The van der Waals surface area contributed by atoms with Crippen molar-refractivity contribution in [1.29, 1.82) is 0 Å². The van der Waals surface area contributed by atoms with E-state index < -0.39 is 27.7 Å². The number of nitrogens with one attached hydrogen (secondary N) is 2. The van der Waals surface area contributed by atoms with Crippen molar-refractivity contribution in [2.75, 3.05) is 25.6 Å². The van der Waals surface area contributed by atoms with Crippen LogP contribution in [-0.2, 0) is 20.9 Å². The van der Waals surface area contributed by atoms with Crippen LogP contribution >= 0.6 is 0 Å². The number of hydrogen-bond donors (Lipinski definition) is 2. The number of sulfonamides is 1. The second-order valence-corrected chi connectivity index (χ2v) is 7.22. The number of ether oxygens (including phenoxy) is 1. The van der Waals surface area contributed by atoms with Gasteiger partial charge in [-0.3, -0.25) is 4.79 Å². The number of alkyl halides is 3. The van der Waals surface area contributed by atoms with Crippen molar-refractivity contribution in [2.45, 2.75) is 11.1 Å². The van der Waals surface area contributed by atoms with Gasteiger partial charge < -0.3 is 10.1 Å².